The molecule has 19 heavy (non-hydrogen) atoms. The van der Waals surface area contributed by atoms with Crippen molar-refractivity contribution in [3.05, 3.63) is 0 Å². The van der Waals surface area contributed by atoms with Crippen LogP contribution in [0.5, 0.6) is 0 Å². The van der Waals surface area contributed by atoms with E-state index in [9.17, 15) is 14.7 Å². The summed E-state index contributed by atoms with van der Waals surface area (Å²) in [5.74, 6) is -0.337. The molecule has 2 fully saturated rings. The molecule has 0 aliphatic heterocycles. The second-order valence-electron chi connectivity index (χ2n) is 6.14. The molecule has 2 rings (SSSR count). The molecule has 4 nitrogen and oxygen atoms in total. The molecule has 108 valence electrons. The highest BCUT2D eigenvalue weighted by molar-refractivity contribution is 5.83. The lowest BCUT2D eigenvalue weighted by Gasteiger charge is -2.28. The molecule has 2 aliphatic carbocycles. The fraction of sp³-hybridized carbons (Fsp3) is 0.867. The Kier molecular flexibility index (Phi) is 5.23. The first-order valence-corrected chi connectivity index (χ1v) is 7.69. The van der Waals surface area contributed by atoms with Gasteiger partial charge in [0.1, 0.15) is 6.04 Å². The first kappa shape index (κ1) is 14.4. The van der Waals surface area contributed by atoms with E-state index >= 15 is 0 Å². The summed E-state index contributed by atoms with van der Waals surface area (Å²) in [5, 5.41) is 12.1. The van der Waals surface area contributed by atoms with E-state index in [0.29, 0.717) is 12.3 Å². The molecule has 0 saturated heterocycles. The molecule has 0 unspecified atom stereocenters. The molecule has 0 aromatic carbocycles. The maximum Gasteiger partial charge on any atom is 0.326 e. The zero-order valence-electron chi connectivity index (χ0n) is 11.6. The quantitative estimate of drug-likeness (QED) is 0.805. The van der Waals surface area contributed by atoms with E-state index in [-0.39, 0.29) is 11.8 Å². The van der Waals surface area contributed by atoms with E-state index < -0.39 is 12.0 Å². The molecule has 1 amide bonds. The van der Waals surface area contributed by atoms with Crippen molar-refractivity contribution in [2.45, 2.75) is 70.3 Å². The third-order valence-corrected chi connectivity index (χ3v) is 4.65. The van der Waals surface area contributed by atoms with Gasteiger partial charge in [0.2, 0.25) is 5.91 Å². The van der Waals surface area contributed by atoms with Crippen molar-refractivity contribution in [1.29, 1.82) is 0 Å². The summed E-state index contributed by atoms with van der Waals surface area (Å²) in [7, 11) is 0. The van der Waals surface area contributed by atoms with Crippen LogP contribution in [0.1, 0.15) is 64.2 Å². The lowest BCUT2D eigenvalue weighted by Crippen LogP contribution is -2.46. The van der Waals surface area contributed by atoms with E-state index in [1.54, 1.807) is 0 Å². The zero-order valence-corrected chi connectivity index (χ0v) is 11.6. The fourth-order valence-electron chi connectivity index (χ4n) is 3.56. The minimum Gasteiger partial charge on any atom is -0.480 e. The molecule has 4 heteroatoms. The van der Waals surface area contributed by atoms with Gasteiger partial charge in [-0.1, -0.05) is 32.1 Å². The molecule has 2 aliphatic rings. The van der Waals surface area contributed by atoms with Gasteiger partial charge < -0.3 is 10.4 Å². The van der Waals surface area contributed by atoms with Crippen molar-refractivity contribution in [2.24, 2.45) is 11.8 Å². The van der Waals surface area contributed by atoms with Gasteiger partial charge in [0, 0.05) is 6.42 Å². The Morgan fingerprint density at radius 1 is 1.00 bits per heavy atom. The van der Waals surface area contributed by atoms with Gasteiger partial charge in [-0.2, -0.15) is 0 Å². The van der Waals surface area contributed by atoms with Crippen LogP contribution < -0.4 is 5.32 Å². The Morgan fingerprint density at radius 3 is 2.16 bits per heavy atom. The van der Waals surface area contributed by atoms with Crippen LogP contribution in [0.25, 0.3) is 0 Å². The average molecular weight is 267 g/mol. The standard InChI is InChI=1S/C15H25NO3/c17-13(10-11-6-4-5-7-11)16-14(15(18)19)12-8-2-1-3-9-12/h11-12,14H,1-10H2,(H,16,17)(H,18,19)/t14-/m1/s1. The van der Waals surface area contributed by atoms with Gasteiger partial charge in [-0.05, 0) is 37.5 Å². The number of carboxylic acids is 1. The molecular weight excluding hydrogens is 242 g/mol. The normalized spacial score (nSPS) is 23.2. The van der Waals surface area contributed by atoms with Crippen molar-refractivity contribution in [1.82, 2.24) is 5.32 Å². The van der Waals surface area contributed by atoms with Crippen LogP contribution in [0.4, 0.5) is 0 Å². The molecule has 0 spiro atoms. The lowest BCUT2D eigenvalue weighted by molar-refractivity contribution is -0.144. The molecule has 2 saturated carbocycles. The SMILES string of the molecule is O=C(CC1CCCC1)N[C@@H](C(=O)O)C1CCCCC1. The van der Waals surface area contributed by atoms with Gasteiger partial charge in [-0.15, -0.1) is 0 Å². The van der Waals surface area contributed by atoms with Crippen LogP contribution >= 0.6 is 0 Å². The number of carboxylic acid groups (broad SMARTS) is 1. The van der Waals surface area contributed by atoms with Crippen molar-refractivity contribution < 1.29 is 14.7 Å². The Hall–Kier alpha value is -1.06. The van der Waals surface area contributed by atoms with Crippen LogP contribution in [0.15, 0.2) is 0 Å². The Bertz CT molecular complexity index is 317. The van der Waals surface area contributed by atoms with Crippen LogP contribution in [0.2, 0.25) is 0 Å². The van der Waals surface area contributed by atoms with E-state index in [1.807, 2.05) is 0 Å². The molecule has 1 atom stereocenters. The molecule has 2 N–H and O–H groups in total. The zero-order chi connectivity index (χ0) is 13.7. The summed E-state index contributed by atoms with van der Waals surface area (Å²) < 4.78 is 0. The summed E-state index contributed by atoms with van der Waals surface area (Å²) >= 11 is 0. The highest BCUT2D eigenvalue weighted by Crippen LogP contribution is 2.29. The summed E-state index contributed by atoms with van der Waals surface area (Å²) in [6.45, 7) is 0. The largest absolute Gasteiger partial charge is 0.480 e. The summed E-state index contributed by atoms with van der Waals surface area (Å²) in [6.07, 6.45) is 10.4. The van der Waals surface area contributed by atoms with Gasteiger partial charge >= 0.3 is 5.97 Å². The molecule has 0 aromatic heterocycles. The number of amides is 1. The second-order valence-corrected chi connectivity index (χ2v) is 6.14. The predicted octanol–water partition coefficient (Wildman–Crippen LogP) is 2.72. The van der Waals surface area contributed by atoms with Crippen molar-refractivity contribution >= 4 is 11.9 Å². The third kappa shape index (κ3) is 4.22. The van der Waals surface area contributed by atoms with Crippen LogP contribution in [-0.2, 0) is 9.59 Å². The maximum atomic E-state index is 12.0. The second kappa shape index (κ2) is 6.92. The molecule has 0 heterocycles. The Morgan fingerprint density at radius 2 is 1.58 bits per heavy atom. The summed E-state index contributed by atoms with van der Waals surface area (Å²) in [4.78, 5) is 23.3. The smallest absolute Gasteiger partial charge is 0.326 e. The molecule has 0 radical (unpaired) electrons. The summed E-state index contributed by atoms with van der Waals surface area (Å²) in [5.41, 5.74) is 0. The number of hydrogen-bond donors (Lipinski definition) is 2. The third-order valence-electron chi connectivity index (χ3n) is 4.65. The van der Waals surface area contributed by atoms with Gasteiger partial charge in [0.05, 0.1) is 0 Å². The highest BCUT2D eigenvalue weighted by Gasteiger charge is 2.31. The Labute approximate surface area is 115 Å². The van der Waals surface area contributed by atoms with Crippen molar-refractivity contribution in [2.75, 3.05) is 0 Å². The first-order valence-electron chi connectivity index (χ1n) is 7.69. The lowest BCUT2D eigenvalue weighted by atomic mass is 9.83. The number of carbonyl (C=O) groups excluding carboxylic acids is 1. The minimum absolute atomic E-state index is 0.0649. The van der Waals surface area contributed by atoms with Crippen LogP contribution in [-0.4, -0.2) is 23.0 Å². The number of nitrogens with one attached hydrogen (secondary N) is 1. The highest BCUT2D eigenvalue weighted by atomic mass is 16.4. The summed E-state index contributed by atoms with van der Waals surface area (Å²) in [6, 6.07) is -0.672. The monoisotopic (exact) mass is 267 g/mol. The van der Waals surface area contributed by atoms with Crippen LogP contribution in [0.3, 0.4) is 0 Å². The minimum atomic E-state index is -0.869. The Balaban J connectivity index is 1.84. The number of rotatable bonds is 5. The van der Waals surface area contributed by atoms with Gasteiger partial charge in [-0.3, -0.25) is 4.79 Å². The number of aliphatic carboxylic acids is 1. The van der Waals surface area contributed by atoms with Crippen molar-refractivity contribution in [3.8, 4) is 0 Å². The fourth-order valence-corrected chi connectivity index (χ4v) is 3.56. The maximum absolute atomic E-state index is 12.0. The topological polar surface area (TPSA) is 66.4 Å². The number of hydrogen-bond acceptors (Lipinski definition) is 2. The molecule has 0 bridgehead atoms. The average Bonchev–Trinajstić information content (AvgIpc) is 2.89. The van der Waals surface area contributed by atoms with E-state index in [1.165, 1.54) is 19.3 Å². The van der Waals surface area contributed by atoms with Crippen molar-refractivity contribution in [3.63, 3.8) is 0 Å². The molecular formula is C15H25NO3. The first-order chi connectivity index (χ1) is 9.16. The number of carbonyl (C=O) groups is 2. The van der Waals surface area contributed by atoms with Gasteiger partial charge in [0.25, 0.3) is 0 Å². The van der Waals surface area contributed by atoms with Gasteiger partial charge in [-0.25, -0.2) is 4.79 Å². The van der Waals surface area contributed by atoms with E-state index in [2.05, 4.69) is 5.32 Å². The van der Waals surface area contributed by atoms with E-state index in [0.717, 1.165) is 38.5 Å². The predicted molar refractivity (Wildman–Crippen MR) is 72.7 cm³/mol. The van der Waals surface area contributed by atoms with E-state index in [4.69, 9.17) is 0 Å². The van der Waals surface area contributed by atoms with Crippen LogP contribution in [0, 0.1) is 11.8 Å². The van der Waals surface area contributed by atoms with Gasteiger partial charge in [0.15, 0.2) is 0 Å². The molecule has 0 aromatic rings.